The number of azo groups is 1. The first-order valence-electron chi connectivity index (χ1n) is 8.43. The van der Waals surface area contributed by atoms with Gasteiger partial charge in [0.15, 0.2) is 0 Å². The van der Waals surface area contributed by atoms with E-state index in [1.807, 2.05) is 60.7 Å². The molecule has 0 N–H and O–H groups in total. The highest BCUT2D eigenvalue weighted by molar-refractivity contribution is 5.73. The van der Waals surface area contributed by atoms with Crippen molar-refractivity contribution in [3.05, 3.63) is 71.8 Å². The molecule has 2 unspecified atom stereocenters. The molecule has 2 atom stereocenters. The molecule has 136 valence electrons. The van der Waals surface area contributed by atoms with Crippen LogP contribution in [0.25, 0.3) is 0 Å². The lowest BCUT2D eigenvalue weighted by Crippen LogP contribution is -2.16. The van der Waals surface area contributed by atoms with Gasteiger partial charge >= 0.3 is 12.2 Å². The molecule has 0 aromatic heterocycles. The monoisotopic (exact) mass is 354 g/mol. The van der Waals surface area contributed by atoms with Crippen LogP contribution in [0.1, 0.15) is 25.0 Å². The smallest absolute Gasteiger partial charge is 0.443 e. The van der Waals surface area contributed by atoms with Gasteiger partial charge in [0.25, 0.3) is 0 Å². The van der Waals surface area contributed by atoms with Gasteiger partial charge in [-0.15, -0.1) is 0 Å². The van der Waals surface area contributed by atoms with Crippen LogP contribution in [-0.4, -0.2) is 24.4 Å². The van der Waals surface area contributed by atoms with Crippen LogP contribution in [0.3, 0.4) is 0 Å². The van der Waals surface area contributed by atoms with Crippen molar-refractivity contribution < 1.29 is 19.1 Å². The molecular formula is C20H22N2O4. The van der Waals surface area contributed by atoms with Gasteiger partial charge in [0.05, 0.1) is 0 Å². The Morgan fingerprint density at radius 1 is 0.731 bits per heavy atom. The lowest BCUT2D eigenvalue weighted by Gasteiger charge is -2.11. The lowest BCUT2D eigenvalue weighted by molar-refractivity contribution is 0.106. The molecular weight excluding hydrogens is 332 g/mol. The van der Waals surface area contributed by atoms with E-state index >= 15 is 0 Å². The molecule has 0 bridgehead atoms. The number of rotatable bonds is 6. The van der Waals surface area contributed by atoms with Gasteiger partial charge in [-0.05, 0) is 25.0 Å². The standard InChI is InChI=1S/C20H22N2O4/c1-15(13-17-9-5-3-6-10-17)25-19(23)21-22-20(24)26-16(2)14-18-11-7-4-8-12-18/h3-12,15-16H,13-14H2,1-2H3. The molecule has 0 aliphatic heterocycles. The SMILES string of the molecule is CC(Cc1ccccc1)OC(=O)N=NC(=O)OC(C)Cc1ccccc1. The fraction of sp³-hybridized carbons (Fsp3) is 0.300. The quantitative estimate of drug-likeness (QED) is 0.686. The summed E-state index contributed by atoms with van der Waals surface area (Å²) in [6.45, 7) is 3.50. The normalized spacial score (nSPS) is 13.2. The second kappa shape index (κ2) is 10.1. The van der Waals surface area contributed by atoms with E-state index in [9.17, 15) is 9.59 Å². The van der Waals surface area contributed by atoms with Crippen molar-refractivity contribution in [3.63, 3.8) is 0 Å². The van der Waals surface area contributed by atoms with Gasteiger partial charge in [0.2, 0.25) is 0 Å². The first-order valence-corrected chi connectivity index (χ1v) is 8.43. The van der Waals surface area contributed by atoms with E-state index in [1.165, 1.54) is 0 Å². The number of ether oxygens (including phenoxy) is 2. The Morgan fingerprint density at radius 2 is 1.08 bits per heavy atom. The summed E-state index contributed by atoms with van der Waals surface area (Å²) in [6, 6.07) is 19.2. The highest BCUT2D eigenvalue weighted by Gasteiger charge is 2.12. The maximum atomic E-state index is 11.6. The topological polar surface area (TPSA) is 77.3 Å². The van der Waals surface area contributed by atoms with Crippen molar-refractivity contribution in [2.75, 3.05) is 0 Å². The highest BCUT2D eigenvalue weighted by Crippen LogP contribution is 2.08. The molecule has 6 heteroatoms. The molecule has 2 rings (SSSR count). The third-order valence-corrected chi connectivity index (χ3v) is 3.55. The minimum absolute atomic E-state index is 0.378. The Bertz CT molecular complexity index is 668. The van der Waals surface area contributed by atoms with Crippen molar-refractivity contribution in [2.45, 2.75) is 38.9 Å². The Hall–Kier alpha value is -3.02. The third-order valence-electron chi connectivity index (χ3n) is 3.55. The third kappa shape index (κ3) is 7.25. The zero-order valence-corrected chi connectivity index (χ0v) is 14.9. The van der Waals surface area contributed by atoms with E-state index in [-0.39, 0.29) is 12.2 Å². The summed E-state index contributed by atoms with van der Waals surface area (Å²) in [5, 5.41) is 6.51. The molecule has 26 heavy (non-hydrogen) atoms. The van der Waals surface area contributed by atoms with Gasteiger partial charge in [-0.2, -0.15) is 0 Å². The van der Waals surface area contributed by atoms with Crippen molar-refractivity contribution in [2.24, 2.45) is 10.2 Å². The van der Waals surface area contributed by atoms with Crippen molar-refractivity contribution in [3.8, 4) is 0 Å². The number of benzene rings is 2. The van der Waals surface area contributed by atoms with Gasteiger partial charge in [-0.1, -0.05) is 70.9 Å². The molecule has 0 aliphatic rings. The molecule has 0 spiro atoms. The average Bonchev–Trinajstić information content (AvgIpc) is 2.61. The number of hydrogen-bond acceptors (Lipinski definition) is 4. The van der Waals surface area contributed by atoms with E-state index in [1.54, 1.807) is 13.8 Å². The van der Waals surface area contributed by atoms with Gasteiger partial charge in [0.1, 0.15) is 12.2 Å². The number of amides is 2. The van der Waals surface area contributed by atoms with Crippen molar-refractivity contribution in [1.29, 1.82) is 0 Å². The minimum Gasteiger partial charge on any atom is -0.443 e. The second-order valence-corrected chi connectivity index (χ2v) is 5.97. The van der Waals surface area contributed by atoms with Gasteiger partial charge in [-0.25, -0.2) is 9.59 Å². The molecule has 0 saturated carbocycles. The zero-order valence-electron chi connectivity index (χ0n) is 14.9. The average molecular weight is 354 g/mol. The number of nitrogens with zero attached hydrogens (tertiary/aromatic N) is 2. The van der Waals surface area contributed by atoms with Crippen molar-refractivity contribution >= 4 is 12.2 Å². The van der Waals surface area contributed by atoms with E-state index in [2.05, 4.69) is 10.2 Å². The van der Waals surface area contributed by atoms with Crippen LogP contribution in [0.15, 0.2) is 70.9 Å². The molecule has 0 radical (unpaired) electrons. The predicted molar refractivity (Wildman–Crippen MR) is 97.0 cm³/mol. The summed E-state index contributed by atoms with van der Waals surface area (Å²) in [7, 11) is 0. The van der Waals surface area contributed by atoms with Crippen LogP contribution in [0.2, 0.25) is 0 Å². The van der Waals surface area contributed by atoms with Crippen LogP contribution in [0.4, 0.5) is 9.59 Å². The zero-order chi connectivity index (χ0) is 18.8. The Balaban J connectivity index is 1.73. The summed E-state index contributed by atoms with van der Waals surface area (Å²) in [5.41, 5.74) is 2.08. The van der Waals surface area contributed by atoms with Gasteiger partial charge < -0.3 is 9.47 Å². The molecule has 0 heterocycles. The van der Waals surface area contributed by atoms with Crippen LogP contribution in [0, 0.1) is 0 Å². The molecule has 2 aromatic carbocycles. The highest BCUT2D eigenvalue weighted by atomic mass is 16.6. The summed E-state index contributed by atoms with van der Waals surface area (Å²) < 4.78 is 10.2. The number of carbonyl (C=O) groups is 2. The van der Waals surface area contributed by atoms with Gasteiger partial charge in [0, 0.05) is 12.8 Å². The molecule has 2 aromatic rings. The van der Waals surface area contributed by atoms with E-state index in [0.29, 0.717) is 12.8 Å². The first-order chi connectivity index (χ1) is 12.5. The number of hydrogen-bond donors (Lipinski definition) is 0. The Kier molecular flexibility index (Phi) is 7.49. The Labute approximate surface area is 152 Å². The molecule has 0 saturated heterocycles. The molecule has 0 fully saturated rings. The van der Waals surface area contributed by atoms with E-state index in [4.69, 9.17) is 9.47 Å². The molecule has 2 amide bonds. The van der Waals surface area contributed by atoms with Crippen LogP contribution in [-0.2, 0) is 22.3 Å². The fourth-order valence-electron chi connectivity index (χ4n) is 2.45. The van der Waals surface area contributed by atoms with Crippen LogP contribution in [0.5, 0.6) is 0 Å². The summed E-state index contributed by atoms with van der Waals surface area (Å²) in [5.74, 6) is 0. The first kappa shape index (κ1) is 19.3. The predicted octanol–water partition coefficient (Wildman–Crippen LogP) is 4.97. The Morgan fingerprint density at radius 3 is 1.42 bits per heavy atom. The summed E-state index contributed by atoms with van der Waals surface area (Å²) >= 11 is 0. The van der Waals surface area contributed by atoms with Crippen LogP contribution < -0.4 is 0 Å². The van der Waals surface area contributed by atoms with E-state index in [0.717, 1.165) is 11.1 Å². The lowest BCUT2D eigenvalue weighted by atomic mass is 10.1. The fourth-order valence-corrected chi connectivity index (χ4v) is 2.45. The maximum absolute atomic E-state index is 11.6. The van der Waals surface area contributed by atoms with E-state index < -0.39 is 12.2 Å². The maximum Gasteiger partial charge on any atom is 0.452 e. The summed E-state index contributed by atoms with van der Waals surface area (Å²) in [4.78, 5) is 23.3. The number of carbonyl (C=O) groups excluding carboxylic acids is 2. The molecule has 0 aliphatic carbocycles. The minimum atomic E-state index is -0.916. The van der Waals surface area contributed by atoms with Gasteiger partial charge in [-0.3, -0.25) is 0 Å². The summed E-state index contributed by atoms with van der Waals surface area (Å²) in [6.07, 6.45) is -1.47. The van der Waals surface area contributed by atoms with Crippen molar-refractivity contribution in [1.82, 2.24) is 0 Å². The van der Waals surface area contributed by atoms with Crippen LogP contribution >= 0.6 is 0 Å². The second-order valence-electron chi connectivity index (χ2n) is 5.97. The largest absolute Gasteiger partial charge is 0.452 e. The molecule has 6 nitrogen and oxygen atoms in total.